The molecule has 3 aliphatic rings. The molecule has 0 saturated heterocycles. The molecule has 3 heteroatoms. The van der Waals surface area contributed by atoms with Crippen LogP contribution in [-0.4, -0.2) is 12.6 Å². The highest BCUT2D eigenvalue weighted by Crippen LogP contribution is 2.57. The second-order valence-corrected chi connectivity index (χ2v) is 24.4. The van der Waals surface area contributed by atoms with Crippen molar-refractivity contribution in [3.05, 3.63) is 252 Å². The van der Waals surface area contributed by atoms with Gasteiger partial charge in [-0.1, -0.05) is 185 Å². The van der Waals surface area contributed by atoms with Crippen LogP contribution in [0.1, 0.15) is 47.2 Å². The Bertz CT molecular complexity index is 3890. The number of para-hydroxylation sites is 2. The Balaban J connectivity index is 1.06. The summed E-state index contributed by atoms with van der Waals surface area (Å²) in [4.78, 5) is 2.55. The van der Waals surface area contributed by atoms with Crippen molar-refractivity contribution >= 4 is 68.1 Å². The highest BCUT2D eigenvalue weighted by molar-refractivity contribution is 7.01. The van der Waals surface area contributed by atoms with E-state index in [-0.39, 0.29) is 5.41 Å². The summed E-state index contributed by atoms with van der Waals surface area (Å²) in [6, 6.07) is 83.1. The fraction of sp³-hybridized carbons (Fsp3) is 0.0938. The second-order valence-electron chi connectivity index (χ2n) is 20.0. The van der Waals surface area contributed by atoms with E-state index >= 15 is 0 Å². The lowest BCUT2D eigenvalue weighted by Gasteiger charge is -2.50. The number of benzene rings is 10. The third-order valence-corrected chi connectivity index (χ3v) is 19.6. The third-order valence-electron chi connectivity index (χ3n) is 16.0. The molecule has 318 valence electrons. The van der Waals surface area contributed by atoms with Gasteiger partial charge >= 0.3 is 0 Å². The van der Waals surface area contributed by atoms with Gasteiger partial charge in [0.15, 0.2) is 0 Å². The van der Waals surface area contributed by atoms with Gasteiger partial charge in [0.1, 0.15) is 8.07 Å². The Kier molecular flexibility index (Phi) is 7.86. The average molecular weight is 873 g/mol. The molecule has 14 rings (SSSR count). The lowest BCUT2D eigenvalue weighted by molar-refractivity contribution is 0.660. The summed E-state index contributed by atoms with van der Waals surface area (Å²) in [5.74, 6) is 0. The molecule has 2 heterocycles. The number of rotatable bonds is 4. The first kappa shape index (κ1) is 38.5. The minimum atomic E-state index is -2.34. The molecule has 1 spiro atoms. The van der Waals surface area contributed by atoms with Gasteiger partial charge in [0, 0.05) is 38.9 Å². The lowest BCUT2D eigenvalue weighted by atomic mass is 9.59. The van der Waals surface area contributed by atoms with E-state index in [1.807, 2.05) is 0 Å². The van der Waals surface area contributed by atoms with E-state index in [2.05, 4.69) is 255 Å². The predicted molar refractivity (Wildman–Crippen MR) is 285 cm³/mol. The normalized spacial score (nSPS) is 16.7. The first-order chi connectivity index (χ1) is 32.8. The van der Waals surface area contributed by atoms with Crippen LogP contribution in [0.2, 0.25) is 13.1 Å². The molecule has 0 bridgehead atoms. The maximum Gasteiger partial charge on any atom is 0.113 e. The van der Waals surface area contributed by atoms with E-state index in [0.29, 0.717) is 0 Å². The first-order valence-electron chi connectivity index (χ1n) is 23.8. The van der Waals surface area contributed by atoms with Gasteiger partial charge in [0.25, 0.3) is 0 Å². The molecule has 1 atom stereocenters. The minimum Gasteiger partial charge on any atom is -0.310 e. The molecule has 2 nitrogen and oxygen atoms in total. The zero-order valence-corrected chi connectivity index (χ0v) is 39.2. The number of aromatic nitrogens is 1. The molecule has 11 aromatic rings. The van der Waals surface area contributed by atoms with E-state index in [0.717, 1.165) is 17.1 Å². The van der Waals surface area contributed by atoms with E-state index in [1.165, 1.54) is 104 Å². The van der Waals surface area contributed by atoms with E-state index in [4.69, 9.17) is 0 Å². The Morgan fingerprint density at radius 2 is 0.940 bits per heavy atom. The minimum absolute atomic E-state index is 0.0889. The molecule has 0 amide bonds. The monoisotopic (exact) mass is 872 g/mol. The van der Waals surface area contributed by atoms with Crippen molar-refractivity contribution in [1.82, 2.24) is 4.57 Å². The molecule has 67 heavy (non-hydrogen) atoms. The van der Waals surface area contributed by atoms with Gasteiger partial charge < -0.3 is 9.47 Å². The molecule has 10 aromatic carbocycles. The van der Waals surface area contributed by atoms with Gasteiger partial charge in [-0.15, -0.1) is 0 Å². The van der Waals surface area contributed by atoms with Crippen molar-refractivity contribution in [2.75, 3.05) is 4.90 Å². The van der Waals surface area contributed by atoms with Crippen molar-refractivity contribution in [3.8, 4) is 27.9 Å². The summed E-state index contributed by atoms with van der Waals surface area (Å²) in [5.41, 5.74) is 20.1. The number of hydrogen-bond acceptors (Lipinski definition) is 1. The SMILES string of the molecule is CC1(C)c2ccccc2-c2cc(N(c3ccc4c(c3)[Si](C)(C)c3ccccc3C43c4ccccc4-c4cccc5cccc3c45)c3ccc4c(c3)c3ccccc3n4-c3ccccc3)ccc21. The largest absolute Gasteiger partial charge is 0.310 e. The number of fused-ring (bicyclic) bond motifs is 14. The van der Waals surface area contributed by atoms with Crippen molar-refractivity contribution in [3.63, 3.8) is 0 Å². The summed E-state index contributed by atoms with van der Waals surface area (Å²) in [6.45, 7) is 9.90. The zero-order valence-electron chi connectivity index (χ0n) is 38.2. The zero-order chi connectivity index (χ0) is 44.8. The summed E-state index contributed by atoms with van der Waals surface area (Å²) < 4.78 is 2.41. The van der Waals surface area contributed by atoms with Gasteiger partial charge in [-0.3, -0.25) is 0 Å². The fourth-order valence-electron chi connectivity index (χ4n) is 13.1. The first-order valence-corrected chi connectivity index (χ1v) is 26.8. The molecule has 2 aliphatic carbocycles. The van der Waals surface area contributed by atoms with Crippen LogP contribution in [0, 0.1) is 0 Å². The predicted octanol–water partition coefficient (Wildman–Crippen LogP) is 15.2. The Morgan fingerprint density at radius 1 is 0.388 bits per heavy atom. The maximum absolute atomic E-state index is 2.60. The molecule has 0 saturated carbocycles. The number of anilines is 3. The molecule has 1 unspecified atom stereocenters. The van der Waals surface area contributed by atoms with Crippen LogP contribution in [-0.2, 0) is 10.8 Å². The smallest absolute Gasteiger partial charge is 0.113 e. The highest BCUT2D eigenvalue weighted by Gasteiger charge is 2.52. The highest BCUT2D eigenvalue weighted by atomic mass is 28.3. The van der Waals surface area contributed by atoms with Gasteiger partial charge in [-0.2, -0.15) is 0 Å². The molecule has 0 fully saturated rings. The summed E-state index contributed by atoms with van der Waals surface area (Å²) in [5, 5.41) is 8.12. The molecule has 1 aromatic heterocycles. The average Bonchev–Trinajstić information content (AvgIpc) is 3.82. The second kappa shape index (κ2) is 13.7. The van der Waals surface area contributed by atoms with Gasteiger partial charge in [0.05, 0.1) is 16.4 Å². The van der Waals surface area contributed by atoms with Gasteiger partial charge in [0.2, 0.25) is 0 Å². The summed E-state index contributed by atoms with van der Waals surface area (Å²) in [7, 11) is -2.34. The van der Waals surface area contributed by atoms with Crippen LogP contribution in [0.4, 0.5) is 17.1 Å². The Morgan fingerprint density at radius 3 is 1.76 bits per heavy atom. The molecular formula is C64H48N2Si. The van der Waals surface area contributed by atoms with E-state index in [1.54, 1.807) is 0 Å². The quantitative estimate of drug-likeness (QED) is 0.160. The van der Waals surface area contributed by atoms with Crippen molar-refractivity contribution in [2.24, 2.45) is 0 Å². The molecule has 0 radical (unpaired) electrons. The van der Waals surface area contributed by atoms with Gasteiger partial charge in [-0.25, -0.2) is 0 Å². The van der Waals surface area contributed by atoms with Crippen molar-refractivity contribution in [2.45, 2.75) is 37.8 Å². The van der Waals surface area contributed by atoms with Crippen LogP contribution in [0.3, 0.4) is 0 Å². The Hall–Kier alpha value is -7.72. The maximum atomic E-state index is 2.60. The van der Waals surface area contributed by atoms with Crippen LogP contribution < -0.4 is 15.3 Å². The lowest BCUT2D eigenvalue weighted by Crippen LogP contribution is -2.63. The van der Waals surface area contributed by atoms with Crippen LogP contribution in [0.5, 0.6) is 0 Å². The Labute approximate surface area is 393 Å². The standard InChI is InChI=1S/C64H48N2Si/c1-63(2)52-26-11-8-23-47(52)50-38-43(32-35-53(50)63)65(44-34-37-59-51(39-44)48-24-10-14-30-58(48)66(59)42-20-6-5-7-21-42)45-33-36-56-61(40-45)67(3,4)60-31-15-13-28-55(60)64(56)54-27-12-9-22-46(54)49-25-16-18-41-19-17-29-57(64)62(41)49/h5-40H,1-4H3. The molecular weight excluding hydrogens is 825 g/mol. The summed E-state index contributed by atoms with van der Waals surface area (Å²) >= 11 is 0. The number of hydrogen-bond donors (Lipinski definition) is 0. The van der Waals surface area contributed by atoms with Gasteiger partial charge in [-0.05, 0) is 137 Å². The third kappa shape index (κ3) is 5.04. The number of nitrogens with zero attached hydrogens (tertiary/aromatic N) is 2. The topological polar surface area (TPSA) is 8.17 Å². The van der Waals surface area contributed by atoms with E-state index in [9.17, 15) is 0 Å². The van der Waals surface area contributed by atoms with E-state index < -0.39 is 13.5 Å². The van der Waals surface area contributed by atoms with Crippen LogP contribution in [0.15, 0.2) is 218 Å². The molecule has 1 aliphatic heterocycles. The fourth-order valence-corrected chi connectivity index (χ4v) is 16.3. The van der Waals surface area contributed by atoms with Crippen molar-refractivity contribution < 1.29 is 0 Å². The summed E-state index contributed by atoms with van der Waals surface area (Å²) in [6.07, 6.45) is 0. The molecule has 0 N–H and O–H groups in total. The van der Waals surface area contributed by atoms with Crippen LogP contribution in [0.25, 0.3) is 60.5 Å². The van der Waals surface area contributed by atoms with Crippen molar-refractivity contribution in [1.29, 1.82) is 0 Å². The van der Waals surface area contributed by atoms with Crippen LogP contribution >= 0.6 is 0 Å².